The molecule has 0 unspecified atom stereocenters. The van der Waals surface area contributed by atoms with Crippen LogP contribution in [0.4, 0.5) is 0 Å². The average molecular weight is 465 g/mol. The van der Waals surface area contributed by atoms with Crippen molar-refractivity contribution in [2.75, 3.05) is 27.2 Å². The highest BCUT2D eigenvalue weighted by Gasteiger charge is 2.22. The van der Waals surface area contributed by atoms with Crippen LogP contribution in [0, 0.1) is 0 Å². The van der Waals surface area contributed by atoms with Crippen LogP contribution in [-0.2, 0) is 20.0 Å². The Kier molecular flexibility index (Phi) is 7.89. The van der Waals surface area contributed by atoms with Crippen molar-refractivity contribution in [1.29, 1.82) is 0 Å². The predicted octanol–water partition coefficient (Wildman–Crippen LogP) is 3.71. The van der Waals surface area contributed by atoms with Crippen molar-refractivity contribution < 1.29 is 16.8 Å². The molecular weight excluding hydrogens is 443 g/mol. The summed E-state index contributed by atoms with van der Waals surface area (Å²) in [4.78, 5) is 0.337. The van der Waals surface area contributed by atoms with E-state index in [1.807, 2.05) is 0 Å². The van der Waals surface area contributed by atoms with Gasteiger partial charge in [-0.3, -0.25) is 0 Å². The minimum absolute atomic E-state index is 0.168. The SMILES string of the molecule is CN(CCCCN(C)S(=O)(=O)c1ccc(Cl)cc1)S(=O)(=O)c1ccc(Cl)cc1. The summed E-state index contributed by atoms with van der Waals surface area (Å²) in [5.74, 6) is 0. The predicted molar refractivity (Wildman–Crippen MR) is 112 cm³/mol. The van der Waals surface area contributed by atoms with Crippen molar-refractivity contribution in [3.8, 4) is 0 Å². The molecule has 0 heterocycles. The van der Waals surface area contributed by atoms with Gasteiger partial charge in [0.2, 0.25) is 20.0 Å². The van der Waals surface area contributed by atoms with Crippen molar-refractivity contribution in [3.63, 3.8) is 0 Å². The van der Waals surface area contributed by atoms with Crippen molar-refractivity contribution >= 4 is 43.2 Å². The zero-order valence-corrected chi connectivity index (χ0v) is 18.7. The lowest BCUT2D eigenvalue weighted by Crippen LogP contribution is -2.30. The van der Waals surface area contributed by atoms with Gasteiger partial charge in [0.1, 0.15) is 0 Å². The molecule has 0 radical (unpaired) electrons. The lowest BCUT2D eigenvalue weighted by molar-refractivity contribution is 0.421. The fourth-order valence-electron chi connectivity index (χ4n) is 2.48. The van der Waals surface area contributed by atoms with E-state index in [1.165, 1.54) is 71.2 Å². The summed E-state index contributed by atoms with van der Waals surface area (Å²) in [6.45, 7) is 0.555. The second-order valence-electron chi connectivity index (χ2n) is 6.27. The van der Waals surface area contributed by atoms with Gasteiger partial charge in [0, 0.05) is 37.2 Å². The maximum Gasteiger partial charge on any atom is 0.242 e. The van der Waals surface area contributed by atoms with Crippen LogP contribution in [0.5, 0.6) is 0 Å². The zero-order valence-electron chi connectivity index (χ0n) is 15.5. The number of benzene rings is 2. The van der Waals surface area contributed by atoms with Crippen LogP contribution in [0.3, 0.4) is 0 Å². The van der Waals surface area contributed by atoms with Gasteiger partial charge < -0.3 is 0 Å². The molecule has 0 bridgehead atoms. The van der Waals surface area contributed by atoms with Crippen LogP contribution in [-0.4, -0.2) is 52.6 Å². The summed E-state index contributed by atoms with van der Waals surface area (Å²) in [6, 6.07) is 11.9. The Labute approximate surface area is 176 Å². The molecule has 0 aliphatic rings. The van der Waals surface area contributed by atoms with Gasteiger partial charge in [-0.15, -0.1) is 0 Å². The Morgan fingerprint density at radius 2 is 0.929 bits per heavy atom. The molecule has 0 amide bonds. The van der Waals surface area contributed by atoms with Crippen LogP contribution in [0.25, 0.3) is 0 Å². The normalized spacial score (nSPS) is 12.6. The molecule has 0 saturated heterocycles. The number of rotatable bonds is 9. The van der Waals surface area contributed by atoms with Gasteiger partial charge in [-0.1, -0.05) is 23.2 Å². The van der Waals surface area contributed by atoms with E-state index in [-0.39, 0.29) is 22.9 Å². The second kappa shape index (κ2) is 9.56. The molecule has 0 aromatic heterocycles. The molecule has 0 aliphatic heterocycles. The van der Waals surface area contributed by atoms with E-state index < -0.39 is 20.0 Å². The quantitative estimate of drug-likeness (QED) is 0.529. The molecule has 0 spiro atoms. The third-order valence-electron chi connectivity index (χ3n) is 4.24. The van der Waals surface area contributed by atoms with E-state index in [1.54, 1.807) is 0 Å². The van der Waals surface area contributed by atoms with Crippen molar-refractivity contribution in [1.82, 2.24) is 8.61 Å². The van der Waals surface area contributed by atoms with Crippen molar-refractivity contribution in [2.45, 2.75) is 22.6 Å². The highest BCUT2D eigenvalue weighted by atomic mass is 35.5. The molecule has 0 fully saturated rings. The maximum atomic E-state index is 12.5. The average Bonchev–Trinajstić information content (AvgIpc) is 2.65. The van der Waals surface area contributed by atoms with E-state index in [4.69, 9.17) is 23.2 Å². The molecule has 2 rings (SSSR count). The van der Waals surface area contributed by atoms with Crippen LogP contribution < -0.4 is 0 Å². The third kappa shape index (κ3) is 5.68. The standard InChI is InChI=1S/C18H22Cl2N2O4S2/c1-21(27(23,24)17-9-5-15(19)6-10-17)13-3-4-14-22(2)28(25,26)18-11-7-16(20)8-12-18/h5-12H,3-4,13-14H2,1-2H3. The largest absolute Gasteiger partial charge is 0.242 e. The van der Waals surface area contributed by atoms with Gasteiger partial charge in [-0.25, -0.2) is 25.4 Å². The molecule has 28 heavy (non-hydrogen) atoms. The number of hydrogen-bond donors (Lipinski definition) is 0. The summed E-state index contributed by atoms with van der Waals surface area (Å²) >= 11 is 11.6. The minimum Gasteiger partial charge on any atom is -0.207 e. The molecule has 6 nitrogen and oxygen atoms in total. The highest BCUT2D eigenvalue weighted by molar-refractivity contribution is 7.89. The van der Waals surface area contributed by atoms with Crippen LogP contribution in [0.2, 0.25) is 10.0 Å². The summed E-state index contributed by atoms with van der Waals surface area (Å²) < 4.78 is 52.5. The number of unbranched alkanes of at least 4 members (excludes halogenated alkanes) is 1. The van der Waals surface area contributed by atoms with Gasteiger partial charge in [0.15, 0.2) is 0 Å². The number of nitrogens with zero attached hydrogens (tertiary/aromatic N) is 2. The van der Waals surface area contributed by atoms with E-state index in [2.05, 4.69) is 0 Å². The summed E-state index contributed by atoms with van der Waals surface area (Å²) in [5, 5.41) is 0.929. The third-order valence-corrected chi connectivity index (χ3v) is 8.49. The Morgan fingerprint density at radius 3 is 1.21 bits per heavy atom. The monoisotopic (exact) mass is 464 g/mol. The minimum atomic E-state index is -3.60. The van der Waals surface area contributed by atoms with Gasteiger partial charge >= 0.3 is 0 Å². The molecular formula is C18H22Cl2N2O4S2. The van der Waals surface area contributed by atoms with E-state index in [0.29, 0.717) is 22.9 Å². The lowest BCUT2D eigenvalue weighted by Gasteiger charge is -2.19. The molecule has 0 aliphatic carbocycles. The van der Waals surface area contributed by atoms with Gasteiger partial charge in [0.05, 0.1) is 9.79 Å². The van der Waals surface area contributed by atoms with E-state index in [0.717, 1.165) is 0 Å². The first kappa shape index (κ1) is 23.1. The first-order valence-corrected chi connectivity index (χ1v) is 12.1. The maximum absolute atomic E-state index is 12.5. The number of halogens is 2. The van der Waals surface area contributed by atoms with Crippen LogP contribution in [0.1, 0.15) is 12.8 Å². The Morgan fingerprint density at radius 1 is 0.643 bits per heavy atom. The Hall–Kier alpha value is -1.16. The smallest absolute Gasteiger partial charge is 0.207 e. The molecule has 154 valence electrons. The number of sulfonamides is 2. The molecule has 0 atom stereocenters. The van der Waals surface area contributed by atoms with Gasteiger partial charge in [-0.05, 0) is 61.4 Å². The molecule has 2 aromatic rings. The summed E-state index contributed by atoms with van der Waals surface area (Å²) in [7, 11) is -4.21. The van der Waals surface area contributed by atoms with Crippen LogP contribution >= 0.6 is 23.2 Å². The first-order valence-electron chi connectivity index (χ1n) is 8.49. The van der Waals surface area contributed by atoms with E-state index >= 15 is 0 Å². The molecule has 0 N–H and O–H groups in total. The zero-order chi connectivity index (χ0) is 20.9. The molecule has 10 heteroatoms. The molecule has 2 aromatic carbocycles. The van der Waals surface area contributed by atoms with Gasteiger partial charge in [-0.2, -0.15) is 0 Å². The fraction of sp³-hybridized carbons (Fsp3) is 0.333. The van der Waals surface area contributed by atoms with Crippen LogP contribution in [0.15, 0.2) is 58.3 Å². The van der Waals surface area contributed by atoms with Crippen molar-refractivity contribution in [3.05, 3.63) is 58.6 Å². The summed E-state index contributed by atoms with van der Waals surface area (Å²) in [5.41, 5.74) is 0. The first-order chi connectivity index (χ1) is 13.0. The lowest BCUT2D eigenvalue weighted by atomic mass is 10.3. The molecule has 0 saturated carbocycles. The Balaban J connectivity index is 1.89. The highest BCUT2D eigenvalue weighted by Crippen LogP contribution is 2.19. The van der Waals surface area contributed by atoms with E-state index in [9.17, 15) is 16.8 Å². The fourth-order valence-corrected chi connectivity index (χ4v) is 5.15. The summed E-state index contributed by atoms with van der Waals surface area (Å²) in [6.07, 6.45) is 1.04. The van der Waals surface area contributed by atoms with Crippen molar-refractivity contribution in [2.24, 2.45) is 0 Å². The van der Waals surface area contributed by atoms with Gasteiger partial charge in [0.25, 0.3) is 0 Å². The Bertz CT molecular complexity index is 909. The number of hydrogen-bond acceptors (Lipinski definition) is 4. The second-order valence-corrected chi connectivity index (χ2v) is 11.2. The topological polar surface area (TPSA) is 74.8 Å².